The van der Waals surface area contributed by atoms with Gasteiger partial charge in [0.25, 0.3) is 0 Å². The van der Waals surface area contributed by atoms with Crippen LogP contribution in [0.15, 0.2) is 70.6 Å². The van der Waals surface area contributed by atoms with Gasteiger partial charge >= 0.3 is 0 Å². The molecule has 0 aliphatic heterocycles. The number of pyridine rings is 1. The minimum absolute atomic E-state index is 0.107. The molecule has 0 unspecified atom stereocenters. The lowest BCUT2D eigenvalue weighted by Gasteiger charge is -2.15. The second-order valence-electron chi connectivity index (χ2n) is 6.34. The Morgan fingerprint density at radius 3 is 2.20 bits per heavy atom. The number of sulfone groups is 1. The van der Waals surface area contributed by atoms with Crippen LogP contribution in [-0.4, -0.2) is 13.4 Å². The molecule has 0 aliphatic carbocycles. The molecule has 30 heavy (non-hydrogen) atoms. The van der Waals surface area contributed by atoms with Crippen molar-refractivity contribution in [3.63, 3.8) is 0 Å². The lowest BCUT2D eigenvalue weighted by atomic mass is 10.0. The molecule has 0 atom stereocenters. The topological polar surface area (TPSA) is 47.0 Å². The van der Waals surface area contributed by atoms with Crippen LogP contribution in [0.2, 0.25) is 10.0 Å². The quantitative estimate of drug-likeness (QED) is 0.325. The number of hydrogen-bond acceptors (Lipinski definition) is 3. The summed E-state index contributed by atoms with van der Waals surface area (Å²) in [6.45, 7) is 0. The van der Waals surface area contributed by atoms with E-state index < -0.39 is 27.3 Å². The molecule has 0 spiro atoms. The minimum atomic E-state index is -4.24. The predicted octanol–water partition coefficient (Wildman–Crippen LogP) is 6.46. The first kappa shape index (κ1) is 20.7. The highest BCUT2D eigenvalue weighted by Crippen LogP contribution is 2.38. The number of hydrogen-bond donors (Lipinski definition) is 0. The van der Waals surface area contributed by atoms with Gasteiger partial charge in [0, 0.05) is 17.1 Å². The van der Waals surface area contributed by atoms with Gasteiger partial charge in [-0.2, -0.15) is 0 Å². The predicted molar refractivity (Wildman–Crippen MR) is 109 cm³/mol. The molecule has 0 saturated heterocycles. The van der Waals surface area contributed by atoms with Gasteiger partial charge in [-0.1, -0.05) is 41.4 Å². The first-order chi connectivity index (χ1) is 14.2. The highest BCUT2D eigenvalue weighted by Gasteiger charge is 2.26. The van der Waals surface area contributed by atoms with Gasteiger partial charge in [-0.3, -0.25) is 4.98 Å². The van der Waals surface area contributed by atoms with Crippen LogP contribution < -0.4 is 0 Å². The molecular weight excluding hydrogens is 458 g/mol. The zero-order valence-electron chi connectivity index (χ0n) is 14.8. The minimum Gasteiger partial charge on any atom is -0.252 e. The van der Waals surface area contributed by atoms with E-state index in [9.17, 15) is 21.6 Å². The number of fused-ring (bicyclic) bond motifs is 1. The van der Waals surface area contributed by atoms with E-state index in [-0.39, 0.29) is 36.3 Å². The third-order valence-corrected chi connectivity index (χ3v) is 6.86. The van der Waals surface area contributed by atoms with E-state index in [0.29, 0.717) is 5.56 Å². The Labute approximate surface area is 179 Å². The van der Waals surface area contributed by atoms with E-state index in [1.807, 2.05) is 0 Å². The first-order valence-electron chi connectivity index (χ1n) is 8.43. The zero-order chi connectivity index (χ0) is 21.6. The van der Waals surface area contributed by atoms with Crippen molar-refractivity contribution >= 4 is 43.9 Å². The van der Waals surface area contributed by atoms with Gasteiger partial charge in [0.1, 0.15) is 17.2 Å². The molecule has 1 aromatic heterocycles. The summed E-state index contributed by atoms with van der Waals surface area (Å²) in [4.78, 5) is 3.41. The molecule has 0 amide bonds. The molecule has 0 fully saturated rings. The van der Waals surface area contributed by atoms with Gasteiger partial charge in [-0.05, 0) is 42.0 Å². The second-order valence-corrected chi connectivity index (χ2v) is 9.07. The van der Waals surface area contributed by atoms with E-state index in [0.717, 1.165) is 36.5 Å². The van der Waals surface area contributed by atoms with Crippen LogP contribution in [0.4, 0.5) is 13.2 Å². The average Bonchev–Trinajstić information content (AvgIpc) is 2.72. The lowest BCUT2D eigenvalue weighted by Crippen LogP contribution is -2.06. The third-order valence-electron chi connectivity index (χ3n) is 4.52. The molecule has 9 heteroatoms. The summed E-state index contributed by atoms with van der Waals surface area (Å²) in [6.07, 6.45) is 0.993. The summed E-state index contributed by atoms with van der Waals surface area (Å²) < 4.78 is 68.2. The Morgan fingerprint density at radius 2 is 1.53 bits per heavy atom. The smallest absolute Gasteiger partial charge is 0.208 e. The van der Waals surface area contributed by atoms with Gasteiger partial charge in [-0.15, -0.1) is 0 Å². The highest BCUT2D eigenvalue weighted by atomic mass is 35.5. The van der Waals surface area contributed by atoms with E-state index in [2.05, 4.69) is 4.98 Å². The van der Waals surface area contributed by atoms with Crippen molar-refractivity contribution in [1.29, 1.82) is 0 Å². The van der Waals surface area contributed by atoms with E-state index in [4.69, 9.17) is 23.2 Å². The largest absolute Gasteiger partial charge is 0.252 e. The van der Waals surface area contributed by atoms with Crippen molar-refractivity contribution in [2.45, 2.75) is 9.79 Å². The molecule has 0 aliphatic rings. The SMILES string of the molecule is O=S(=O)(c1ccc(F)c(Cl)c1)c1cnc2c(F)c(Cl)ccc2c1-c1ccc(F)cc1. The van der Waals surface area contributed by atoms with E-state index in [1.54, 1.807) is 0 Å². The Morgan fingerprint density at radius 1 is 0.833 bits per heavy atom. The molecule has 0 bridgehead atoms. The Bertz CT molecular complexity index is 1410. The van der Waals surface area contributed by atoms with Gasteiger partial charge in [0.2, 0.25) is 9.84 Å². The fourth-order valence-corrected chi connectivity index (χ4v) is 4.94. The standard InChI is InChI=1S/C21H10Cl2F3NO2S/c22-15-7-6-14-19(11-1-3-12(24)4-2-11)18(10-27-21(14)20(15)26)30(28,29)13-5-8-17(25)16(23)9-13/h1-10H. The Balaban J connectivity index is 2.09. The van der Waals surface area contributed by atoms with Crippen molar-refractivity contribution in [3.05, 3.63) is 88.3 Å². The van der Waals surface area contributed by atoms with Gasteiger partial charge < -0.3 is 0 Å². The molecule has 0 radical (unpaired) electrons. The van der Waals surface area contributed by atoms with Crippen molar-refractivity contribution in [2.24, 2.45) is 0 Å². The summed E-state index contributed by atoms with van der Waals surface area (Å²) in [5, 5.41) is -0.384. The summed E-state index contributed by atoms with van der Waals surface area (Å²) in [5.41, 5.74) is 0.284. The summed E-state index contributed by atoms with van der Waals surface area (Å²) in [5.74, 6) is -2.12. The van der Waals surface area contributed by atoms with Crippen molar-refractivity contribution in [3.8, 4) is 11.1 Å². The van der Waals surface area contributed by atoms with Crippen molar-refractivity contribution < 1.29 is 21.6 Å². The van der Waals surface area contributed by atoms with Crippen molar-refractivity contribution in [1.82, 2.24) is 4.98 Å². The molecule has 152 valence electrons. The van der Waals surface area contributed by atoms with E-state index >= 15 is 0 Å². The van der Waals surface area contributed by atoms with E-state index in [1.165, 1.54) is 24.3 Å². The number of rotatable bonds is 3. The third kappa shape index (κ3) is 3.43. The number of aromatic nitrogens is 1. The average molecular weight is 468 g/mol. The Kier molecular flexibility index (Phi) is 5.22. The van der Waals surface area contributed by atoms with Crippen LogP contribution in [-0.2, 0) is 9.84 Å². The van der Waals surface area contributed by atoms with Gasteiger partial charge in [0.15, 0.2) is 5.82 Å². The monoisotopic (exact) mass is 467 g/mol. The maximum atomic E-state index is 14.5. The molecule has 1 heterocycles. The molecular formula is C21H10Cl2F3NO2S. The normalized spacial score (nSPS) is 11.8. The summed E-state index contributed by atoms with van der Waals surface area (Å²) in [7, 11) is -4.24. The summed E-state index contributed by atoms with van der Waals surface area (Å²) >= 11 is 11.6. The molecule has 0 N–H and O–H groups in total. The number of benzene rings is 3. The van der Waals surface area contributed by atoms with Gasteiger partial charge in [0.05, 0.1) is 19.8 Å². The lowest BCUT2D eigenvalue weighted by molar-refractivity contribution is 0.594. The molecule has 3 nitrogen and oxygen atoms in total. The van der Waals surface area contributed by atoms with Crippen LogP contribution in [0, 0.1) is 17.5 Å². The molecule has 0 saturated carbocycles. The van der Waals surface area contributed by atoms with Crippen LogP contribution in [0.5, 0.6) is 0 Å². The summed E-state index contributed by atoms with van der Waals surface area (Å²) in [6, 6.07) is 10.7. The maximum absolute atomic E-state index is 14.5. The fourth-order valence-electron chi connectivity index (χ4n) is 3.08. The number of halogens is 5. The van der Waals surface area contributed by atoms with Crippen molar-refractivity contribution in [2.75, 3.05) is 0 Å². The second kappa shape index (κ2) is 7.58. The van der Waals surface area contributed by atoms with Crippen LogP contribution in [0.1, 0.15) is 0 Å². The molecule has 4 rings (SSSR count). The van der Waals surface area contributed by atoms with Gasteiger partial charge in [-0.25, -0.2) is 21.6 Å². The van der Waals surface area contributed by atoms with Crippen LogP contribution >= 0.6 is 23.2 Å². The Hall–Kier alpha value is -2.61. The molecule has 3 aromatic carbocycles. The maximum Gasteiger partial charge on any atom is 0.208 e. The highest BCUT2D eigenvalue weighted by molar-refractivity contribution is 7.91. The first-order valence-corrected chi connectivity index (χ1v) is 10.7. The number of nitrogens with zero attached hydrogens (tertiary/aromatic N) is 1. The molecule has 4 aromatic rings. The van der Waals surface area contributed by atoms with Crippen LogP contribution in [0.25, 0.3) is 22.0 Å². The van der Waals surface area contributed by atoms with Crippen LogP contribution in [0.3, 0.4) is 0 Å². The fraction of sp³-hybridized carbons (Fsp3) is 0. The zero-order valence-corrected chi connectivity index (χ0v) is 17.2.